The number of nitrogens with one attached hydrogen (secondary N) is 1. The maximum absolute atomic E-state index is 13.0. The maximum atomic E-state index is 13.0. The van der Waals surface area contributed by atoms with E-state index in [9.17, 15) is 4.79 Å². The van der Waals surface area contributed by atoms with Crippen LogP contribution < -0.4 is 5.32 Å². The highest BCUT2D eigenvalue weighted by Gasteiger charge is 2.50. The van der Waals surface area contributed by atoms with Crippen LogP contribution in [0.1, 0.15) is 50.9 Å². The van der Waals surface area contributed by atoms with Crippen LogP contribution in [-0.4, -0.2) is 20.5 Å². The van der Waals surface area contributed by atoms with E-state index in [-0.39, 0.29) is 17.9 Å². The highest BCUT2D eigenvalue weighted by atomic mass is 16.2. The van der Waals surface area contributed by atoms with Gasteiger partial charge in [-0.15, -0.1) is 10.2 Å². The first-order valence-corrected chi connectivity index (χ1v) is 9.29. The average molecular weight is 324 g/mol. The van der Waals surface area contributed by atoms with Crippen LogP contribution in [-0.2, 0) is 4.79 Å². The summed E-state index contributed by atoms with van der Waals surface area (Å²) in [6.45, 7) is 2.01. The summed E-state index contributed by atoms with van der Waals surface area (Å²) in [6, 6.07) is 5.73. The summed E-state index contributed by atoms with van der Waals surface area (Å²) < 4.78 is 1.96. The number of pyridine rings is 1. The van der Waals surface area contributed by atoms with Crippen molar-refractivity contribution < 1.29 is 4.79 Å². The van der Waals surface area contributed by atoms with Crippen molar-refractivity contribution in [3.8, 4) is 0 Å². The van der Waals surface area contributed by atoms with E-state index in [1.165, 1.54) is 32.1 Å². The van der Waals surface area contributed by atoms with Gasteiger partial charge in [-0.25, -0.2) is 0 Å². The molecule has 5 heteroatoms. The molecule has 4 saturated carbocycles. The molecule has 0 saturated heterocycles. The Morgan fingerprint density at radius 1 is 1.12 bits per heavy atom. The minimum Gasteiger partial charge on any atom is -0.346 e. The van der Waals surface area contributed by atoms with E-state index in [1.807, 2.05) is 35.7 Å². The molecule has 2 aromatic rings. The second-order valence-corrected chi connectivity index (χ2v) is 8.17. The molecule has 0 aromatic carbocycles. The Kier molecular flexibility index (Phi) is 3.19. The second-order valence-electron chi connectivity index (χ2n) is 8.17. The van der Waals surface area contributed by atoms with Crippen molar-refractivity contribution in [1.82, 2.24) is 19.9 Å². The molecule has 0 radical (unpaired) electrons. The topological polar surface area (TPSA) is 59.3 Å². The van der Waals surface area contributed by atoms with E-state index < -0.39 is 0 Å². The SMILES string of the molecule is CC(NC(=O)C1C2CC3CC(C2)CC1C3)c1nnc2ccccn12. The number of nitrogens with zero attached hydrogens (tertiary/aromatic N) is 3. The van der Waals surface area contributed by atoms with Crippen LogP contribution in [0.4, 0.5) is 0 Å². The molecule has 2 heterocycles. The number of hydrogen-bond donors (Lipinski definition) is 1. The van der Waals surface area contributed by atoms with Gasteiger partial charge in [0.15, 0.2) is 11.5 Å². The molecule has 4 bridgehead atoms. The first-order chi connectivity index (χ1) is 11.7. The number of hydrogen-bond acceptors (Lipinski definition) is 3. The average Bonchev–Trinajstić information content (AvgIpc) is 2.98. The van der Waals surface area contributed by atoms with Gasteiger partial charge in [0.2, 0.25) is 5.91 Å². The fraction of sp³-hybridized carbons (Fsp3) is 0.632. The third-order valence-electron chi connectivity index (χ3n) is 6.62. The summed E-state index contributed by atoms with van der Waals surface area (Å²) in [5.41, 5.74) is 0.822. The van der Waals surface area contributed by atoms with Gasteiger partial charge in [-0.1, -0.05) is 6.07 Å². The largest absolute Gasteiger partial charge is 0.346 e. The molecule has 6 rings (SSSR count). The molecule has 24 heavy (non-hydrogen) atoms. The van der Waals surface area contributed by atoms with Gasteiger partial charge in [0.1, 0.15) is 0 Å². The minimum absolute atomic E-state index is 0.118. The third kappa shape index (κ3) is 2.17. The van der Waals surface area contributed by atoms with Crippen LogP contribution in [0.3, 0.4) is 0 Å². The van der Waals surface area contributed by atoms with Crippen LogP contribution in [0.5, 0.6) is 0 Å². The zero-order valence-electron chi connectivity index (χ0n) is 14.1. The second kappa shape index (κ2) is 5.30. The van der Waals surface area contributed by atoms with Gasteiger partial charge in [0, 0.05) is 12.1 Å². The summed E-state index contributed by atoms with van der Waals surface area (Å²) in [5, 5.41) is 11.7. The number of carbonyl (C=O) groups is 1. The highest BCUT2D eigenvalue weighted by Crippen LogP contribution is 2.56. The molecule has 1 amide bonds. The summed E-state index contributed by atoms with van der Waals surface area (Å²) in [6.07, 6.45) is 8.46. The Morgan fingerprint density at radius 2 is 1.83 bits per heavy atom. The molecule has 4 aliphatic carbocycles. The fourth-order valence-electron chi connectivity index (χ4n) is 5.88. The molecule has 5 nitrogen and oxygen atoms in total. The standard InChI is InChI=1S/C19H24N4O/c1-11(18-22-21-16-4-2-3-5-23(16)18)20-19(24)17-14-7-12-6-13(9-14)10-15(17)8-12/h2-5,11-15,17H,6-10H2,1H3,(H,20,24). The normalized spacial score (nSPS) is 35.3. The first kappa shape index (κ1) is 14.4. The van der Waals surface area contributed by atoms with Crippen molar-refractivity contribution in [3.05, 3.63) is 30.2 Å². The van der Waals surface area contributed by atoms with Crippen molar-refractivity contribution in [2.45, 2.75) is 45.1 Å². The molecule has 0 aliphatic heterocycles. The number of aromatic nitrogens is 3. The minimum atomic E-state index is -0.118. The number of carbonyl (C=O) groups excluding carboxylic acids is 1. The van der Waals surface area contributed by atoms with Gasteiger partial charge in [-0.2, -0.15) is 0 Å². The lowest BCUT2D eigenvalue weighted by atomic mass is 9.51. The van der Waals surface area contributed by atoms with Crippen LogP contribution >= 0.6 is 0 Å². The lowest BCUT2D eigenvalue weighted by Crippen LogP contribution is -2.51. The van der Waals surface area contributed by atoms with Crippen LogP contribution in [0.2, 0.25) is 0 Å². The zero-order valence-corrected chi connectivity index (χ0v) is 14.1. The fourth-order valence-corrected chi connectivity index (χ4v) is 5.88. The Morgan fingerprint density at radius 3 is 2.54 bits per heavy atom. The van der Waals surface area contributed by atoms with Gasteiger partial charge in [-0.05, 0) is 74.8 Å². The predicted octanol–water partition coefficient (Wildman–Crippen LogP) is 2.98. The molecular formula is C19H24N4O. The van der Waals surface area contributed by atoms with Gasteiger partial charge in [0.05, 0.1) is 6.04 Å². The third-order valence-corrected chi connectivity index (χ3v) is 6.62. The van der Waals surface area contributed by atoms with E-state index in [2.05, 4.69) is 15.5 Å². The molecule has 1 atom stereocenters. The zero-order chi connectivity index (χ0) is 16.3. The van der Waals surface area contributed by atoms with E-state index in [0.717, 1.165) is 23.3 Å². The molecule has 0 spiro atoms. The first-order valence-electron chi connectivity index (χ1n) is 9.29. The monoisotopic (exact) mass is 324 g/mol. The van der Waals surface area contributed by atoms with Crippen molar-refractivity contribution in [3.63, 3.8) is 0 Å². The lowest BCUT2D eigenvalue weighted by Gasteiger charge is -2.53. The highest BCUT2D eigenvalue weighted by molar-refractivity contribution is 5.80. The summed E-state index contributed by atoms with van der Waals surface area (Å²) in [7, 11) is 0. The van der Waals surface area contributed by atoms with E-state index in [0.29, 0.717) is 11.8 Å². The predicted molar refractivity (Wildman–Crippen MR) is 90.1 cm³/mol. The molecule has 1 unspecified atom stereocenters. The number of fused-ring (bicyclic) bond motifs is 1. The van der Waals surface area contributed by atoms with Crippen LogP contribution in [0, 0.1) is 29.6 Å². The summed E-state index contributed by atoms with van der Waals surface area (Å²) in [4.78, 5) is 13.0. The van der Waals surface area contributed by atoms with Crippen LogP contribution in [0.25, 0.3) is 5.65 Å². The Bertz CT molecular complexity index is 755. The van der Waals surface area contributed by atoms with Crippen molar-refractivity contribution in [1.29, 1.82) is 0 Å². The molecule has 4 aliphatic rings. The summed E-state index contributed by atoms with van der Waals surface area (Å²) >= 11 is 0. The molecule has 2 aromatic heterocycles. The Balaban J connectivity index is 1.35. The van der Waals surface area contributed by atoms with Gasteiger partial charge >= 0.3 is 0 Å². The van der Waals surface area contributed by atoms with Gasteiger partial charge in [-0.3, -0.25) is 9.20 Å². The number of amides is 1. The van der Waals surface area contributed by atoms with Crippen LogP contribution in [0.15, 0.2) is 24.4 Å². The van der Waals surface area contributed by atoms with Crippen molar-refractivity contribution >= 4 is 11.6 Å². The van der Waals surface area contributed by atoms with Crippen molar-refractivity contribution in [2.24, 2.45) is 29.6 Å². The smallest absolute Gasteiger partial charge is 0.224 e. The quantitative estimate of drug-likeness (QED) is 0.944. The Hall–Kier alpha value is -1.91. The molecule has 4 fully saturated rings. The van der Waals surface area contributed by atoms with E-state index >= 15 is 0 Å². The summed E-state index contributed by atoms with van der Waals surface area (Å²) in [5.74, 6) is 4.29. The van der Waals surface area contributed by atoms with Crippen molar-refractivity contribution in [2.75, 3.05) is 0 Å². The molecule has 126 valence electrons. The number of rotatable bonds is 3. The lowest BCUT2D eigenvalue weighted by molar-refractivity contribution is -0.138. The van der Waals surface area contributed by atoms with Gasteiger partial charge in [0.25, 0.3) is 0 Å². The van der Waals surface area contributed by atoms with E-state index in [4.69, 9.17) is 0 Å². The Labute approximate surface area is 141 Å². The van der Waals surface area contributed by atoms with E-state index in [1.54, 1.807) is 0 Å². The maximum Gasteiger partial charge on any atom is 0.224 e. The van der Waals surface area contributed by atoms with Gasteiger partial charge < -0.3 is 5.32 Å². The molecule has 1 N–H and O–H groups in total. The molecular weight excluding hydrogens is 300 g/mol.